The van der Waals surface area contributed by atoms with Gasteiger partial charge in [-0.25, -0.2) is 0 Å². The molecular formula is C26H31N7O. The first-order chi connectivity index (χ1) is 16.5. The number of pyridine rings is 1. The first-order valence-corrected chi connectivity index (χ1v) is 12.0. The van der Waals surface area contributed by atoms with E-state index in [9.17, 15) is 4.79 Å². The minimum absolute atomic E-state index is 0.0477. The van der Waals surface area contributed by atoms with E-state index in [4.69, 9.17) is 0 Å². The van der Waals surface area contributed by atoms with Crippen molar-refractivity contribution in [1.82, 2.24) is 29.9 Å². The van der Waals surface area contributed by atoms with Gasteiger partial charge in [0.25, 0.3) is 0 Å². The number of H-pyrrole nitrogens is 1. The Morgan fingerprint density at radius 3 is 2.88 bits per heavy atom. The average Bonchev–Trinajstić information content (AvgIpc) is 3.45. The first kappa shape index (κ1) is 22.3. The Morgan fingerprint density at radius 1 is 1.24 bits per heavy atom. The summed E-state index contributed by atoms with van der Waals surface area (Å²) in [5.41, 5.74) is 6.47. The van der Waals surface area contributed by atoms with Crippen LogP contribution in [-0.2, 0) is 11.8 Å². The summed E-state index contributed by atoms with van der Waals surface area (Å²) in [6.45, 7) is 5.71. The number of amides is 1. The van der Waals surface area contributed by atoms with E-state index in [0.717, 1.165) is 57.6 Å². The number of nitrogens with zero attached hydrogens (tertiary/aromatic N) is 5. The highest BCUT2D eigenvalue weighted by molar-refractivity contribution is 5.95. The van der Waals surface area contributed by atoms with Crippen molar-refractivity contribution in [2.24, 2.45) is 7.05 Å². The van der Waals surface area contributed by atoms with Crippen LogP contribution in [0.2, 0.25) is 0 Å². The Morgan fingerprint density at radius 2 is 2.12 bits per heavy atom. The smallest absolute Gasteiger partial charge is 0.238 e. The topological polar surface area (TPSA) is 91.7 Å². The molecular weight excluding hydrogens is 426 g/mol. The van der Waals surface area contributed by atoms with Gasteiger partial charge in [-0.3, -0.25) is 24.5 Å². The van der Waals surface area contributed by atoms with Crippen LogP contribution >= 0.6 is 0 Å². The lowest BCUT2D eigenvalue weighted by atomic mass is 10.00. The van der Waals surface area contributed by atoms with Crippen LogP contribution in [0.3, 0.4) is 0 Å². The molecule has 1 amide bonds. The number of piperidine rings is 1. The van der Waals surface area contributed by atoms with E-state index >= 15 is 0 Å². The molecule has 0 spiro atoms. The van der Waals surface area contributed by atoms with Crippen molar-refractivity contribution in [2.45, 2.75) is 45.6 Å². The number of benzene rings is 1. The van der Waals surface area contributed by atoms with Crippen molar-refractivity contribution in [2.75, 3.05) is 18.4 Å². The van der Waals surface area contributed by atoms with E-state index in [2.05, 4.69) is 43.5 Å². The second-order valence-electron chi connectivity index (χ2n) is 9.20. The van der Waals surface area contributed by atoms with Gasteiger partial charge in [-0.15, -0.1) is 0 Å². The number of hydrogen-bond acceptors (Lipinski definition) is 5. The average molecular weight is 458 g/mol. The summed E-state index contributed by atoms with van der Waals surface area (Å²) >= 11 is 0. The van der Waals surface area contributed by atoms with Crippen LogP contribution in [0.15, 0.2) is 42.9 Å². The number of rotatable bonds is 6. The maximum absolute atomic E-state index is 12.7. The van der Waals surface area contributed by atoms with Gasteiger partial charge in [-0.2, -0.15) is 10.2 Å². The molecule has 1 atom stereocenters. The van der Waals surface area contributed by atoms with Crippen LogP contribution in [0.4, 0.5) is 5.69 Å². The standard InChI is InChI=1S/C26H31N7O/c1-4-20-7-5-6-10-33(20)16-25(34)29-19-8-9-21(17(2)11-19)23-12-22-24(14-27-23)30-31-26(22)18-13-28-32(3)15-18/h8-9,11-15,20H,4-7,10,16H2,1-3H3,(H,29,34)(H,30,31)/t20-/m0/s1. The van der Waals surface area contributed by atoms with Gasteiger partial charge in [0.1, 0.15) is 5.69 Å². The lowest BCUT2D eigenvalue weighted by Gasteiger charge is -2.34. The normalized spacial score (nSPS) is 16.7. The molecule has 4 heterocycles. The molecule has 0 radical (unpaired) electrons. The van der Waals surface area contributed by atoms with Crippen LogP contribution in [0.25, 0.3) is 33.4 Å². The molecule has 0 bridgehead atoms. The summed E-state index contributed by atoms with van der Waals surface area (Å²) in [5, 5.41) is 15.9. The van der Waals surface area contributed by atoms with Gasteiger partial charge in [-0.05, 0) is 56.5 Å². The van der Waals surface area contributed by atoms with E-state index in [1.165, 1.54) is 19.3 Å². The van der Waals surface area contributed by atoms with E-state index in [1.54, 1.807) is 4.68 Å². The maximum Gasteiger partial charge on any atom is 0.238 e. The Balaban J connectivity index is 1.35. The molecule has 1 aliphatic rings. The number of hydrogen-bond donors (Lipinski definition) is 2. The fraction of sp³-hybridized carbons (Fsp3) is 0.385. The van der Waals surface area contributed by atoms with E-state index in [-0.39, 0.29) is 5.91 Å². The Hall–Kier alpha value is -3.52. The maximum atomic E-state index is 12.7. The third-order valence-electron chi connectivity index (χ3n) is 6.78. The van der Waals surface area contributed by atoms with Crippen LogP contribution < -0.4 is 5.32 Å². The molecule has 176 valence electrons. The fourth-order valence-corrected chi connectivity index (χ4v) is 4.97. The highest BCUT2D eigenvalue weighted by Gasteiger charge is 2.22. The number of anilines is 1. The molecule has 1 saturated heterocycles. The third-order valence-corrected chi connectivity index (χ3v) is 6.78. The fourth-order valence-electron chi connectivity index (χ4n) is 4.97. The Labute approximate surface area is 199 Å². The number of aryl methyl sites for hydroxylation is 2. The van der Waals surface area contributed by atoms with Crippen molar-refractivity contribution in [1.29, 1.82) is 0 Å². The molecule has 1 aliphatic heterocycles. The second-order valence-corrected chi connectivity index (χ2v) is 9.20. The van der Waals surface area contributed by atoms with Crippen LogP contribution in [0.5, 0.6) is 0 Å². The number of nitrogens with one attached hydrogen (secondary N) is 2. The van der Waals surface area contributed by atoms with Crippen LogP contribution in [0, 0.1) is 6.92 Å². The molecule has 8 heteroatoms. The summed E-state index contributed by atoms with van der Waals surface area (Å²) in [5.74, 6) is 0.0477. The zero-order valence-electron chi connectivity index (χ0n) is 20.0. The summed E-state index contributed by atoms with van der Waals surface area (Å²) in [6.07, 6.45) is 10.3. The van der Waals surface area contributed by atoms with Crippen molar-refractivity contribution in [3.8, 4) is 22.5 Å². The molecule has 0 unspecified atom stereocenters. The van der Waals surface area contributed by atoms with Gasteiger partial charge in [-0.1, -0.05) is 19.4 Å². The molecule has 4 aromatic rings. The largest absolute Gasteiger partial charge is 0.325 e. The van der Waals surface area contributed by atoms with Crippen molar-refractivity contribution < 1.29 is 4.79 Å². The summed E-state index contributed by atoms with van der Waals surface area (Å²) in [6, 6.07) is 8.58. The minimum atomic E-state index is 0.0477. The summed E-state index contributed by atoms with van der Waals surface area (Å²) in [7, 11) is 1.89. The zero-order valence-corrected chi connectivity index (χ0v) is 20.0. The second kappa shape index (κ2) is 9.38. The molecule has 1 fully saturated rings. The van der Waals surface area contributed by atoms with Crippen LogP contribution in [-0.4, -0.2) is 54.9 Å². The van der Waals surface area contributed by atoms with Gasteiger partial charge < -0.3 is 5.32 Å². The first-order valence-electron chi connectivity index (χ1n) is 12.0. The van der Waals surface area contributed by atoms with Gasteiger partial charge >= 0.3 is 0 Å². The Kier molecular flexibility index (Phi) is 6.15. The Bertz CT molecular complexity index is 1320. The van der Waals surface area contributed by atoms with E-state index in [0.29, 0.717) is 12.6 Å². The predicted octanol–water partition coefficient (Wildman–Crippen LogP) is 4.54. The number of likely N-dealkylation sites (tertiary alicyclic amines) is 1. The lowest BCUT2D eigenvalue weighted by molar-refractivity contribution is -0.118. The number of fused-ring (bicyclic) bond motifs is 1. The van der Waals surface area contributed by atoms with Gasteiger partial charge in [0, 0.05) is 41.5 Å². The van der Waals surface area contributed by atoms with Gasteiger partial charge in [0.15, 0.2) is 0 Å². The number of carbonyl (C=O) groups is 1. The minimum Gasteiger partial charge on any atom is -0.325 e. The molecule has 0 aliphatic carbocycles. The molecule has 0 saturated carbocycles. The van der Waals surface area contributed by atoms with Crippen molar-refractivity contribution >= 4 is 22.5 Å². The summed E-state index contributed by atoms with van der Waals surface area (Å²) in [4.78, 5) is 19.7. The highest BCUT2D eigenvalue weighted by Crippen LogP contribution is 2.31. The van der Waals surface area contributed by atoms with Gasteiger partial charge in [0.2, 0.25) is 5.91 Å². The molecule has 2 N–H and O–H groups in total. The van der Waals surface area contributed by atoms with E-state index < -0.39 is 0 Å². The monoisotopic (exact) mass is 457 g/mol. The number of carbonyl (C=O) groups excluding carboxylic acids is 1. The SMILES string of the molecule is CC[C@H]1CCCCN1CC(=O)Nc1ccc(-c2cc3c(-c4cnn(C)c4)n[nH]c3cn2)c(C)c1. The molecule has 8 nitrogen and oxygen atoms in total. The summed E-state index contributed by atoms with van der Waals surface area (Å²) < 4.78 is 1.77. The molecule has 1 aromatic carbocycles. The molecule has 34 heavy (non-hydrogen) atoms. The van der Waals surface area contributed by atoms with Crippen LogP contribution in [0.1, 0.15) is 38.2 Å². The highest BCUT2D eigenvalue weighted by atomic mass is 16.2. The van der Waals surface area contributed by atoms with Gasteiger partial charge in [0.05, 0.1) is 30.1 Å². The van der Waals surface area contributed by atoms with Crippen molar-refractivity contribution in [3.63, 3.8) is 0 Å². The molecule has 3 aromatic heterocycles. The zero-order chi connectivity index (χ0) is 23.7. The van der Waals surface area contributed by atoms with Crippen molar-refractivity contribution in [3.05, 3.63) is 48.4 Å². The quantitative estimate of drug-likeness (QED) is 0.444. The number of aromatic amines is 1. The number of aromatic nitrogens is 5. The predicted molar refractivity (Wildman–Crippen MR) is 134 cm³/mol. The lowest BCUT2D eigenvalue weighted by Crippen LogP contribution is -2.43. The van der Waals surface area contributed by atoms with E-state index in [1.807, 2.05) is 50.8 Å². The third kappa shape index (κ3) is 4.46. The molecule has 5 rings (SSSR count).